The van der Waals surface area contributed by atoms with Gasteiger partial charge in [0.05, 0.1) is 29.9 Å². The number of nitriles is 2. The Bertz CT molecular complexity index is 1220. The fraction of sp³-hybridized carbons (Fsp3) is 0.200. The molecule has 0 saturated heterocycles. The molecule has 3 aromatic rings. The molecule has 0 bridgehead atoms. The minimum absolute atomic E-state index is 0.264. The highest BCUT2D eigenvalue weighted by Crippen LogP contribution is 2.33. The van der Waals surface area contributed by atoms with E-state index in [1.165, 1.54) is 6.20 Å². The van der Waals surface area contributed by atoms with Crippen molar-refractivity contribution in [2.45, 2.75) is 13.8 Å². The van der Waals surface area contributed by atoms with Crippen molar-refractivity contribution in [1.82, 2.24) is 10.3 Å². The Morgan fingerprint density at radius 2 is 1.70 bits per heavy atom. The van der Waals surface area contributed by atoms with Gasteiger partial charge in [0.1, 0.15) is 22.9 Å². The minimum atomic E-state index is -0.344. The van der Waals surface area contributed by atoms with Gasteiger partial charge in [0, 0.05) is 31.6 Å². The molecule has 8 heteroatoms. The van der Waals surface area contributed by atoms with Crippen molar-refractivity contribution in [3.05, 3.63) is 76.5 Å². The molecule has 0 unspecified atom stereocenters. The molecule has 0 aliphatic carbocycles. The molecule has 8 nitrogen and oxygen atoms in total. The fourth-order valence-corrected chi connectivity index (χ4v) is 3.18. The molecule has 0 fully saturated rings. The third-order valence-corrected chi connectivity index (χ3v) is 4.79. The van der Waals surface area contributed by atoms with Gasteiger partial charge in [-0.05, 0) is 61.4 Å². The molecule has 0 aliphatic heterocycles. The Kier molecular flexibility index (Phi) is 7.59. The summed E-state index contributed by atoms with van der Waals surface area (Å²) in [5, 5.41) is 24.1. The Morgan fingerprint density at radius 3 is 2.30 bits per heavy atom. The van der Waals surface area contributed by atoms with Crippen molar-refractivity contribution in [3.8, 4) is 23.6 Å². The zero-order valence-electron chi connectivity index (χ0n) is 18.6. The average molecular weight is 441 g/mol. The molecule has 33 heavy (non-hydrogen) atoms. The van der Waals surface area contributed by atoms with Gasteiger partial charge in [-0.2, -0.15) is 10.5 Å². The Morgan fingerprint density at radius 1 is 1.03 bits per heavy atom. The largest absolute Gasteiger partial charge is 0.456 e. The highest BCUT2D eigenvalue weighted by atomic mass is 16.5. The second kappa shape index (κ2) is 10.8. The number of carbonyl (C=O) groups is 1. The molecule has 2 N–H and O–H groups in total. The van der Waals surface area contributed by atoms with Gasteiger partial charge in [0.2, 0.25) is 0 Å². The number of aryl methyl sites for hydroxylation is 2. The fourth-order valence-electron chi connectivity index (χ4n) is 3.18. The van der Waals surface area contributed by atoms with Crippen LogP contribution in [-0.2, 0) is 4.74 Å². The number of rotatable bonds is 8. The molecule has 0 atom stereocenters. The highest BCUT2D eigenvalue weighted by Gasteiger charge is 2.17. The Hall–Kier alpha value is -4.40. The molecule has 0 aliphatic rings. The Balaban J connectivity index is 1.96. The van der Waals surface area contributed by atoms with Gasteiger partial charge < -0.3 is 20.1 Å². The number of hydrogen-bond acceptors (Lipinski definition) is 7. The van der Waals surface area contributed by atoms with Crippen LogP contribution in [0.4, 0.5) is 11.5 Å². The van der Waals surface area contributed by atoms with E-state index in [2.05, 4.69) is 27.8 Å². The minimum Gasteiger partial charge on any atom is -0.456 e. The van der Waals surface area contributed by atoms with Crippen molar-refractivity contribution in [3.63, 3.8) is 0 Å². The van der Waals surface area contributed by atoms with Crippen LogP contribution in [0.2, 0.25) is 0 Å². The van der Waals surface area contributed by atoms with Crippen molar-refractivity contribution in [2.75, 3.05) is 25.6 Å². The maximum absolute atomic E-state index is 12.8. The summed E-state index contributed by atoms with van der Waals surface area (Å²) in [5.41, 5.74) is 3.63. The molecule has 2 aromatic carbocycles. The first-order chi connectivity index (χ1) is 15.9. The third kappa shape index (κ3) is 5.85. The lowest BCUT2D eigenvalue weighted by Gasteiger charge is -2.16. The monoisotopic (exact) mass is 441 g/mol. The first-order valence-electron chi connectivity index (χ1n) is 10.2. The lowest BCUT2D eigenvalue weighted by Crippen LogP contribution is -2.27. The third-order valence-electron chi connectivity index (χ3n) is 4.79. The van der Waals surface area contributed by atoms with Crippen molar-refractivity contribution >= 4 is 17.4 Å². The van der Waals surface area contributed by atoms with E-state index in [1.54, 1.807) is 49.6 Å². The number of nitrogens with zero attached hydrogens (tertiary/aromatic N) is 3. The number of ether oxygens (including phenoxy) is 2. The van der Waals surface area contributed by atoms with Gasteiger partial charge in [-0.1, -0.05) is 0 Å². The summed E-state index contributed by atoms with van der Waals surface area (Å²) in [6.45, 7) is 4.41. The number of amides is 1. The maximum atomic E-state index is 12.8. The van der Waals surface area contributed by atoms with Crippen LogP contribution < -0.4 is 15.4 Å². The molecular weight excluding hydrogens is 418 g/mol. The molecule has 1 amide bonds. The van der Waals surface area contributed by atoms with Crippen LogP contribution in [0.3, 0.4) is 0 Å². The van der Waals surface area contributed by atoms with Crippen LogP contribution >= 0.6 is 0 Å². The van der Waals surface area contributed by atoms with Crippen LogP contribution in [0, 0.1) is 36.5 Å². The number of benzene rings is 2. The van der Waals surface area contributed by atoms with Gasteiger partial charge >= 0.3 is 0 Å². The van der Waals surface area contributed by atoms with Gasteiger partial charge in [0.25, 0.3) is 5.91 Å². The smallest absolute Gasteiger partial charge is 0.256 e. The summed E-state index contributed by atoms with van der Waals surface area (Å²) in [5.74, 6) is 0.998. The van der Waals surface area contributed by atoms with Crippen LogP contribution in [0.1, 0.15) is 32.6 Å². The number of nitrogens with one attached hydrogen (secondary N) is 2. The van der Waals surface area contributed by atoms with Crippen LogP contribution in [-0.4, -0.2) is 31.2 Å². The van der Waals surface area contributed by atoms with E-state index in [0.717, 1.165) is 16.8 Å². The Labute approximate surface area is 192 Å². The number of pyridine rings is 1. The van der Waals surface area contributed by atoms with E-state index in [1.807, 2.05) is 13.8 Å². The first kappa shape index (κ1) is 23.3. The van der Waals surface area contributed by atoms with Crippen LogP contribution in [0.15, 0.2) is 48.7 Å². The number of hydrogen-bond donors (Lipinski definition) is 2. The van der Waals surface area contributed by atoms with E-state index in [-0.39, 0.29) is 11.5 Å². The second-order valence-electron chi connectivity index (χ2n) is 7.28. The van der Waals surface area contributed by atoms with Gasteiger partial charge in [-0.15, -0.1) is 0 Å². The molecule has 1 aromatic heterocycles. The van der Waals surface area contributed by atoms with Crippen LogP contribution in [0.5, 0.6) is 11.5 Å². The average Bonchev–Trinajstić information content (AvgIpc) is 2.82. The lowest BCUT2D eigenvalue weighted by atomic mass is 10.1. The summed E-state index contributed by atoms with van der Waals surface area (Å²) in [6.07, 6.45) is 1.44. The van der Waals surface area contributed by atoms with E-state index >= 15 is 0 Å². The van der Waals surface area contributed by atoms with E-state index in [9.17, 15) is 10.1 Å². The quantitative estimate of drug-likeness (QED) is 0.499. The number of anilines is 2. The predicted molar refractivity (Wildman–Crippen MR) is 124 cm³/mol. The summed E-state index contributed by atoms with van der Waals surface area (Å²) < 4.78 is 11.2. The molecular formula is C25H23N5O3. The summed E-state index contributed by atoms with van der Waals surface area (Å²) >= 11 is 0. The molecule has 0 spiro atoms. The number of methoxy groups -OCH3 is 1. The highest BCUT2D eigenvalue weighted by molar-refractivity contribution is 5.97. The molecule has 3 rings (SSSR count). The van der Waals surface area contributed by atoms with Crippen LogP contribution in [0.25, 0.3) is 0 Å². The maximum Gasteiger partial charge on any atom is 0.256 e. The van der Waals surface area contributed by atoms with E-state index in [4.69, 9.17) is 14.7 Å². The SMILES string of the molecule is COCCNC(=O)c1cnc(Nc2ccc(C#N)cc2)cc1Oc1c(C)cc(C#N)cc1C. The number of carbonyl (C=O) groups excluding carboxylic acids is 1. The summed E-state index contributed by atoms with van der Waals surface area (Å²) in [4.78, 5) is 17.1. The lowest BCUT2D eigenvalue weighted by molar-refractivity contribution is 0.0934. The van der Waals surface area contributed by atoms with Crippen molar-refractivity contribution < 1.29 is 14.3 Å². The molecule has 166 valence electrons. The summed E-state index contributed by atoms with van der Waals surface area (Å²) in [7, 11) is 1.56. The van der Waals surface area contributed by atoms with Crippen molar-refractivity contribution in [2.24, 2.45) is 0 Å². The normalized spacial score (nSPS) is 10.1. The zero-order chi connectivity index (χ0) is 23.8. The van der Waals surface area contributed by atoms with E-state index < -0.39 is 0 Å². The van der Waals surface area contributed by atoms with E-state index in [0.29, 0.717) is 41.6 Å². The second-order valence-corrected chi connectivity index (χ2v) is 7.28. The van der Waals surface area contributed by atoms with Gasteiger partial charge in [0.15, 0.2) is 0 Å². The van der Waals surface area contributed by atoms with Gasteiger partial charge in [-0.25, -0.2) is 4.98 Å². The van der Waals surface area contributed by atoms with Gasteiger partial charge in [-0.3, -0.25) is 4.79 Å². The molecule has 1 heterocycles. The number of aromatic nitrogens is 1. The molecule has 0 saturated carbocycles. The first-order valence-corrected chi connectivity index (χ1v) is 10.2. The predicted octanol–water partition coefficient (Wildman–Crippen LogP) is 4.35. The standard InChI is InChI=1S/C25H23N5O3/c1-16-10-19(14-27)11-17(2)24(16)33-22-12-23(30-20-6-4-18(13-26)5-7-20)29-15-21(22)25(31)28-8-9-32-3/h4-7,10-12,15H,8-9H2,1-3H3,(H,28,31)(H,29,30). The summed E-state index contributed by atoms with van der Waals surface area (Å²) in [6, 6.07) is 16.2. The zero-order valence-corrected chi connectivity index (χ0v) is 18.6. The van der Waals surface area contributed by atoms with Crippen molar-refractivity contribution in [1.29, 1.82) is 10.5 Å². The molecule has 0 radical (unpaired) electrons. The topological polar surface area (TPSA) is 120 Å².